The third-order valence-corrected chi connectivity index (χ3v) is 5.07. The van der Waals surface area contributed by atoms with Crippen molar-refractivity contribution in [3.63, 3.8) is 0 Å². The smallest absolute Gasteiger partial charge is 0.231 e. The van der Waals surface area contributed by atoms with Crippen molar-refractivity contribution in [1.82, 2.24) is 4.90 Å². The van der Waals surface area contributed by atoms with Gasteiger partial charge in [0.2, 0.25) is 5.91 Å². The lowest BCUT2D eigenvalue weighted by molar-refractivity contribution is -0.131. The number of carbonyl (C=O) groups is 2. The molecule has 0 bridgehead atoms. The Hall–Kier alpha value is -2.94. The molecule has 0 N–H and O–H groups in total. The summed E-state index contributed by atoms with van der Waals surface area (Å²) in [5.41, 5.74) is 2.95. The first-order valence-corrected chi connectivity index (χ1v) is 10.8. The van der Waals surface area contributed by atoms with Crippen molar-refractivity contribution in [3.05, 3.63) is 96.2 Å². The van der Waals surface area contributed by atoms with Gasteiger partial charge in [0, 0.05) is 24.2 Å². The molecule has 0 spiro atoms. The summed E-state index contributed by atoms with van der Waals surface area (Å²) in [5.74, 6) is 0.247. The average Bonchev–Trinajstić information content (AvgIpc) is 2.75. The molecular formula is C27H33NO2. The summed E-state index contributed by atoms with van der Waals surface area (Å²) in [6.45, 7) is 7.37. The number of rotatable bonds is 7. The van der Waals surface area contributed by atoms with Crippen LogP contribution in [0.3, 0.4) is 0 Å². The molecule has 1 amide bonds. The summed E-state index contributed by atoms with van der Waals surface area (Å²) in [6, 6.07) is 19.8. The minimum absolute atomic E-state index is 0.0589. The Kier molecular flexibility index (Phi) is 9.79. The van der Waals surface area contributed by atoms with Crippen LogP contribution in [0.1, 0.15) is 50.7 Å². The van der Waals surface area contributed by atoms with E-state index >= 15 is 0 Å². The third kappa shape index (κ3) is 7.14. The van der Waals surface area contributed by atoms with Crippen LogP contribution in [-0.4, -0.2) is 22.6 Å². The van der Waals surface area contributed by atoms with E-state index in [-0.39, 0.29) is 17.7 Å². The van der Waals surface area contributed by atoms with Crippen molar-refractivity contribution >= 4 is 11.7 Å². The summed E-state index contributed by atoms with van der Waals surface area (Å²) in [7, 11) is 0. The summed E-state index contributed by atoms with van der Waals surface area (Å²) >= 11 is 0. The number of nitrogens with zero attached hydrogens (tertiary/aromatic N) is 1. The van der Waals surface area contributed by atoms with Gasteiger partial charge in [-0.25, -0.2) is 0 Å². The molecule has 0 aliphatic carbocycles. The van der Waals surface area contributed by atoms with E-state index in [2.05, 4.69) is 25.6 Å². The van der Waals surface area contributed by atoms with E-state index in [4.69, 9.17) is 0 Å². The molecule has 0 aromatic heterocycles. The van der Waals surface area contributed by atoms with E-state index in [0.717, 1.165) is 36.0 Å². The number of allylic oxidation sites excluding steroid dienone is 2. The molecule has 2 aromatic carbocycles. The van der Waals surface area contributed by atoms with Crippen LogP contribution in [0.15, 0.2) is 85.1 Å². The van der Waals surface area contributed by atoms with Gasteiger partial charge in [-0.05, 0) is 37.3 Å². The molecule has 3 nitrogen and oxygen atoms in total. The Morgan fingerprint density at radius 3 is 2.20 bits per heavy atom. The van der Waals surface area contributed by atoms with E-state index in [9.17, 15) is 9.59 Å². The lowest BCUT2D eigenvalue weighted by Crippen LogP contribution is -2.43. The summed E-state index contributed by atoms with van der Waals surface area (Å²) in [6.07, 6.45) is 7.81. The van der Waals surface area contributed by atoms with E-state index in [1.165, 1.54) is 0 Å². The summed E-state index contributed by atoms with van der Waals surface area (Å²) in [5, 5.41) is 0. The normalized spacial score (nSPS) is 15.7. The fourth-order valence-corrected chi connectivity index (χ4v) is 3.55. The van der Waals surface area contributed by atoms with E-state index in [0.29, 0.717) is 19.3 Å². The van der Waals surface area contributed by atoms with Crippen LogP contribution in [0.5, 0.6) is 0 Å². The number of hydrogen-bond acceptors (Lipinski definition) is 2. The molecule has 0 fully saturated rings. The zero-order chi connectivity index (χ0) is 21.8. The fraction of sp³-hybridized carbons (Fsp3) is 0.333. The van der Waals surface area contributed by atoms with E-state index < -0.39 is 0 Å². The number of carbonyl (C=O) groups excluding carboxylic acids is 2. The molecule has 0 saturated carbocycles. The summed E-state index contributed by atoms with van der Waals surface area (Å²) in [4.78, 5) is 27.5. The van der Waals surface area contributed by atoms with Gasteiger partial charge in [-0.3, -0.25) is 9.59 Å². The van der Waals surface area contributed by atoms with Gasteiger partial charge in [-0.15, -0.1) is 6.58 Å². The van der Waals surface area contributed by atoms with Gasteiger partial charge in [0.25, 0.3) is 0 Å². The van der Waals surface area contributed by atoms with Crippen LogP contribution in [0.25, 0.3) is 0 Å². The number of amides is 1. The maximum absolute atomic E-state index is 13.1. The zero-order valence-corrected chi connectivity index (χ0v) is 18.2. The van der Waals surface area contributed by atoms with Gasteiger partial charge < -0.3 is 4.90 Å². The second kappa shape index (κ2) is 12.6. The van der Waals surface area contributed by atoms with Gasteiger partial charge in [-0.2, -0.15) is 0 Å². The Balaban J connectivity index is 0.00000101. The third-order valence-electron chi connectivity index (χ3n) is 5.07. The molecule has 1 aliphatic rings. The number of benzene rings is 2. The van der Waals surface area contributed by atoms with Crippen LogP contribution in [-0.2, 0) is 22.4 Å². The van der Waals surface area contributed by atoms with Crippen molar-refractivity contribution in [2.75, 3.05) is 0 Å². The van der Waals surface area contributed by atoms with Crippen LogP contribution in [0.2, 0.25) is 0 Å². The van der Waals surface area contributed by atoms with Crippen molar-refractivity contribution in [2.24, 2.45) is 0 Å². The van der Waals surface area contributed by atoms with Crippen LogP contribution >= 0.6 is 0 Å². The number of ketones is 1. The Morgan fingerprint density at radius 2 is 1.63 bits per heavy atom. The van der Waals surface area contributed by atoms with Gasteiger partial charge >= 0.3 is 0 Å². The zero-order valence-electron chi connectivity index (χ0n) is 18.2. The monoisotopic (exact) mass is 403 g/mol. The quantitative estimate of drug-likeness (QED) is 0.539. The minimum atomic E-state index is -0.110. The van der Waals surface area contributed by atoms with Crippen LogP contribution in [0, 0.1) is 0 Å². The predicted octanol–water partition coefficient (Wildman–Crippen LogP) is 5.91. The standard InChI is InChI=1S/C24H27NO2.C3H6/c1-2-3-14-21-18-25(24(27)16-20-12-8-5-9-13-20)22(17-23(21)26)15-19-10-6-4-7-11-19;1-3-2/h4-13,18,22H,2-3,14-17H2,1H3;3H,1H2,2H3. The molecule has 2 aromatic rings. The maximum atomic E-state index is 13.1. The van der Waals surface area contributed by atoms with E-state index in [1.807, 2.05) is 66.6 Å². The predicted molar refractivity (Wildman–Crippen MR) is 124 cm³/mol. The molecule has 1 atom stereocenters. The van der Waals surface area contributed by atoms with Crippen molar-refractivity contribution in [1.29, 1.82) is 0 Å². The molecular weight excluding hydrogens is 370 g/mol. The van der Waals surface area contributed by atoms with Gasteiger partial charge in [0.05, 0.1) is 6.42 Å². The Bertz CT molecular complexity index is 840. The van der Waals surface area contributed by atoms with Gasteiger partial charge in [0.15, 0.2) is 5.78 Å². The molecule has 3 heteroatoms. The maximum Gasteiger partial charge on any atom is 0.231 e. The average molecular weight is 404 g/mol. The Morgan fingerprint density at radius 1 is 1.07 bits per heavy atom. The number of unbranched alkanes of at least 4 members (excludes halogenated alkanes) is 1. The molecule has 30 heavy (non-hydrogen) atoms. The van der Waals surface area contributed by atoms with Gasteiger partial charge in [0.1, 0.15) is 0 Å². The van der Waals surface area contributed by atoms with Crippen molar-refractivity contribution in [3.8, 4) is 0 Å². The molecule has 0 saturated heterocycles. The first kappa shape index (κ1) is 23.3. The highest BCUT2D eigenvalue weighted by Gasteiger charge is 2.31. The van der Waals surface area contributed by atoms with Gasteiger partial charge in [-0.1, -0.05) is 80.1 Å². The molecule has 0 radical (unpaired) electrons. The molecule has 1 unspecified atom stereocenters. The van der Waals surface area contributed by atoms with Crippen molar-refractivity contribution in [2.45, 2.75) is 58.4 Å². The van der Waals surface area contributed by atoms with Crippen LogP contribution in [0.4, 0.5) is 0 Å². The van der Waals surface area contributed by atoms with Crippen LogP contribution < -0.4 is 0 Å². The highest BCUT2D eigenvalue weighted by Crippen LogP contribution is 2.25. The number of Topliss-reactive ketones (excluding diaryl/α,β-unsaturated/α-hetero) is 1. The lowest BCUT2D eigenvalue weighted by atomic mass is 9.91. The highest BCUT2D eigenvalue weighted by molar-refractivity contribution is 5.98. The molecule has 3 rings (SSSR count). The SMILES string of the molecule is C=CC.CCCCC1=CN(C(=O)Cc2ccccc2)C(Cc2ccccc2)CC1=O. The summed E-state index contributed by atoms with van der Waals surface area (Å²) < 4.78 is 0. The topological polar surface area (TPSA) is 37.4 Å². The molecule has 158 valence electrons. The van der Waals surface area contributed by atoms with Crippen molar-refractivity contribution < 1.29 is 9.59 Å². The molecule has 1 aliphatic heterocycles. The lowest BCUT2D eigenvalue weighted by Gasteiger charge is -2.33. The largest absolute Gasteiger partial charge is 0.315 e. The second-order valence-electron chi connectivity index (χ2n) is 7.60. The minimum Gasteiger partial charge on any atom is -0.315 e. The Labute approximate surface area is 181 Å². The highest BCUT2D eigenvalue weighted by atomic mass is 16.2. The fourth-order valence-electron chi connectivity index (χ4n) is 3.55. The number of hydrogen-bond donors (Lipinski definition) is 0. The first-order chi connectivity index (χ1) is 14.6. The molecule has 1 heterocycles. The van der Waals surface area contributed by atoms with E-state index in [1.54, 1.807) is 6.08 Å². The first-order valence-electron chi connectivity index (χ1n) is 10.8. The second-order valence-corrected chi connectivity index (χ2v) is 7.60.